The van der Waals surface area contributed by atoms with Gasteiger partial charge in [-0.25, -0.2) is 0 Å². The minimum absolute atomic E-state index is 0.00200. The molecule has 0 aliphatic heterocycles. The highest BCUT2D eigenvalue weighted by atomic mass is 16.5. The molecule has 26 heavy (non-hydrogen) atoms. The highest BCUT2D eigenvalue weighted by Crippen LogP contribution is 2.36. The molecule has 0 radical (unpaired) electrons. The Bertz CT molecular complexity index is 432. The van der Waals surface area contributed by atoms with Crippen molar-refractivity contribution in [1.82, 2.24) is 0 Å². The van der Waals surface area contributed by atoms with E-state index >= 15 is 0 Å². The summed E-state index contributed by atoms with van der Waals surface area (Å²) in [4.78, 5) is 11.0. The zero-order chi connectivity index (χ0) is 19.2. The molecule has 0 bridgehead atoms. The van der Waals surface area contributed by atoms with Gasteiger partial charge in [-0.3, -0.25) is 4.79 Å². The van der Waals surface area contributed by atoms with E-state index < -0.39 is 12.2 Å². The largest absolute Gasteiger partial charge is 0.469 e. The number of aliphatic hydroxyl groups is 3. The van der Waals surface area contributed by atoms with Crippen LogP contribution in [0.25, 0.3) is 0 Å². The topological polar surface area (TPSA) is 87.0 Å². The zero-order valence-electron chi connectivity index (χ0n) is 16.1. The molecule has 150 valence electrons. The number of rotatable bonds is 13. The lowest BCUT2D eigenvalue weighted by molar-refractivity contribution is -0.140. The minimum atomic E-state index is -0.478. The second-order valence-corrected chi connectivity index (χ2v) is 7.14. The zero-order valence-corrected chi connectivity index (χ0v) is 16.1. The van der Waals surface area contributed by atoms with Crippen molar-refractivity contribution >= 4 is 5.97 Å². The van der Waals surface area contributed by atoms with Gasteiger partial charge in [0.05, 0.1) is 19.3 Å². The lowest BCUT2D eigenvalue weighted by Gasteiger charge is -2.19. The Kier molecular flexibility index (Phi) is 12.3. The molecule has 0 aromatic heterocycles. The highest BCUT2D eigenvalue weighted by molar-refractivity contribution is 5.69. The fourth-order valence-electron chi connectivity index (χ4n) is 3.52. The first-order valence-electron chi connectivity index (χ1n) is 9.95. The number of unbranched alkanes of at least 4 members (excludes halogenated alkanes) is 5. The van der Waals surface area contributed by atoms with Crippen molar-refractivity contribution in [3.05, 3.63) is 24.3 Å². The monoisotopic (exact) mass is 368 g/mol. The highest BCUT2D eigenvalue weighted by Gasteiger charge is 2.39. The van der Waals surface area contributed by atoms with E-state index in [4.69, 9.17) is 5.11 Å². The van der Waals surface area contributed by atoms with Crippen molar-refractivity contribution in [2.24, 2.45) is 11.8 Å². The Hall–Kier alpha value is -1.17. The van der Waals surface area contributed by atoms with Crippen LogP contribution in [0.1, 0.15) is 64.2 Å². The summed E-state index contributed by atoms with van der Waals surface area (Å²) in [5, 5.41) is 29.2. The summed E-state index contributed by atoms with van der Waals surface area (Å²) in [5.41, 5.74) is 0. The number of hydrogen-bond acceptors (Lipinski definition) is 5. The molecule has 0 unspecified atom stereocenters. The second-order valence-electron chi connectivity index (χ2n) is 7.14. The van der Waals surface area contributed by atoms with Crippen LogP contribution in [0.2, 0.25) is 0 Å². The predicted octanol–water partition coefficient (Wildman–Crippen LogP) is 3.13. The van der Waals surface area contributed by atoms with E-state index in [2.05, 4.69) is 23.0 Å². The van der Waals surface area contributed by atoms with Gasteiger partial charge in [0.2, 0.25) is 0 Å². The molecule has 4 atom stereocenters. The lowest BCUT2D eigenvalue weighted by Crippen LogP contribution is -2.19. The van der Waals surface area contributed by atoms with E-state index in [1.165, 1.54) is 7.11 Å². The van der Waals surface area contributed by atoms with Crippen molar-refractivity contribution < 1.29 is 24.9 Å². The van der Waals surface area contributed by atoms with Crippen LogP contribution in [0.3, 0.4) is 0 Å². The second kappa shape index (κ2) is 14.0. The first-order valence-corrected chi connectivity index (χ1v) is 9.95. The SMILES string of the molecule is COC(=O)CCC/C=C\C[C@@H]1[C@H](C=CCCCCCCO)[C@H](O)C[C@@H]1O. The van der Waals surface area contributed by atoms with Crippen LogP contribution in [0, 0.1) is 11.8 Å². The van der Waals surface area contributed by atoms with Crippen LogP contribution in [0.4, 0.5) is 0 Å². The first-order chi connectivity index (χ1) is 12.6. The van der Waals surface area contributed by atoms with Gasteiger partial charge in [-0.1, -0.05) is 37.1 Å². The van der Waals surface area contributed by atoms with Gasteiger partial charge in [0, 0.05) is 25.4 Å². The number of esters is 1. The molecule has 5 heteroatoms. The normalized spacial score (nSPS) is 26.2. The number of hydrogen-bond donors (Lipinski definition) is 3. The average Bonchev–Trinajstić information content (AvgIpc) is 2.90. The van der Waals surface area contributed by atoms with E-state index in [1.54, 1.807) is 0 Å². The molecule has 0 aromatic rings. The van der Waals surface area contributed by atoms with Gasteiger partial charge >= 0.3 is 5.97 Å². The summed E-state index contributed by atoms with van der Waals surface area (Å²) in [6, 6.07) is 0. The molecule has 0 heterocycles. The fraction of sp³-hybridized carbons (Fsp3) is 0.762. The van der Waals surface area contributed by atoms with Crippen LogP contribution in [0.5, 0.6) is 0 Å². The average molecular weight is 369 g/mol. The molecule has 1 aliphatic rings. The molecule has 0 amide bonds. The van der Waals surface area contributed by atoms with Gasteiger partial charge in [0.25, 0.3) is 0 Å². The summed E-state index contributed by atoms with van der Waals surface area (Å²) in [7, 11) is 1.40. The van der Waals surface area contributed by atoms with Crippen molar-refractivity contribution in [3.8, 4) is 0 Å². The number of methoxy groups -OCH3 is 1. The molecule has 1 fully saturated rings. The third-order valence-electron chi connectivity index (χ3n) is 5.11. The van der Waals surface area contributed by atoms with Gasteiger partial charge < -0.3 is 20.1 Å². The lowest BCUT2D eigenvalue weighted by atomic mass is 9.89. The van der Waals surface area contributed by atoms with E-state index in [0.29, 0.717) is 12.8 Å². The summed E-state index contributed by atoms with van der Waals surface area (Å²) >= 11 is 0. The van der Waals surface area contributed by atoms with Crippen LogP contribution < -0.4 is 0 Å². The van der Waals surface area contributed by atoms with Gasteiger partial charge in [0.15, 0.2) is 0 Å². The van der Waals surface area contributed by atoms with E-state index in [1.807, 2.05) is 6.08 Å². The quantitative estimate of drug-likeness (QED) is 0.264. The van der Waals surface area contributed by atoms with Crippen LogP contribution in [-0.4, -0.2) is 47.2 Å². The standard InChI is InChI=1S/C21H36O5/c1-26-21(25)14-10-6-5-9-13-18-17(19(23)16-20(18)24)12-8-4-2-3-7-11-15-22/h5,8-9,12,17-20,22-24H,2-4,6-7,10-11,13-16H2,1H3/b9-5-,12-8?/t17-,18+,19+,20-/m0/s1. The molecule has 0 saturated heterocycles. The van der Waals surface area contributed by atoms with Crippen LogP contribution in [0.15, 0.2) is 24.3 Å². The fourth-order valence-corrected chi connectivity index (χ4v) is 3.52. The van der Waals surface area contributed by atoms with Crippen molar-refractivity contribution in [3.63, 3.8) is 0 Å². The number of carbonyl (C=O) groups excluding carboxylic acids is 1. The summed E-state index contributed by atoms with van der Waals surface area (Å²) in [6.07, 6.45) is 15.6. The summed E-state index contributed by atoms with van der Waals surface area (Å²) in [5.74, 6) is -0.135. The van der Waals surface area contributed by atoms with Gasteiger partial charge in [-0.15, -0.1) is 0 Å². The molecular formula is C21H36O5. The molecule has 3 N–H and O–H groups in total. The Morgan fingerprint density at radius 1 is 1.00 bits per heavy atom. The third-order valence-corrected chi connectivity index (χ3v) is 5.11. The third kappa shape index (κ3) is 8.97. The Balaban J connectivity index is 2.33. The Morgan fingerprint density at radius 3 is 2.46 bits per heavy atom. The van der Waals surface area contributed by atoms with Gasteiger partial charge in [-0.05, 0) is 44.4 Å². The molecule has 1 aliphatic carbocycles. The number of carbonyl (C=O) groups is 1. The number of ether oxygens (including phenoxy) is 1. The van der Waals surface area contributed by atoms with E-state index in [0.717, 1.165) is 51.4 Å². The molecule has 0 aromatic carbocycles. The maximum absolute atomic E-state index is 11.0. The molecule has 0 spiro atoms. The van der Waals surface area contributed by atoms with E-state index in [-0.39, 0.29) is 24.4 Å². The Morgan fingerprint density at radius 2 is 1.73 bits per heavy atom. The number of aliphatic hydroxyl groups excluding tert-OH is 3. The maximum Gasteiger partial charge on any atom is 0.305 e. The van der Waals surface area contributed by atoms with Gasteiger partial charge in [0.1, 0.15) is 0 Å². The first kappa shape index (κ1) is 22.9. The summed E-state index contributed by atoms with van der Waals surface area (Å²) < 4.78 is 4.61. The van der Waals surface area contributed by atoms with Gasteiger partial charge in [-0.2, -0.15) is 0 Å². The van der Waals surface area contributed by atoms with Crippen LogP contribution >= 0.6 is 0 Å². The molecular weight excluding hydrogens is 332 g/mol. The van der Waals surface area contributed by atoms with E-state index in [9.17, 15) is 15.0 Å². The minimum Gasteiger partial charge on any atom is -0.469 e. The smallest absolute Gasteiger partial charge is 0.305 e. The van der Waals surface area contributed by atoms with Crippen molar-refractivity contribution in [2.75, 3.05) is 13.7 Å². The Labute approximate surface area is 157 Å². The maximum atomic E-state index is 11.0. The number of allylic oxidation sites excluding steroid dienone is 3. The predicted molar refractivity (Wildman–Crippen MR) is 103 cm³/mol. The molecule has 1 rings (SSSR count). The van der Waals surface area contributed by atoms with Crippen molar-refractivity contribution in [1.29, 1.82) is 0 Å². The van der Waals surface area contributed by atoms with Crippen LogP contribution in [-0.2, 0) is 9.53 Å². The molecule has 5 nitrogen and oxygen atoms in total. The summed E-state index contributed by atoms with van der Waals surface area (Å²) in [6.45, 7) is 0.264. The van der Waals surface area contributed by atoms with Crippen molar-refractivity contribution in [2.45, 2.75) is 76.4 Å². The molecule has 1 saturated carbocycles.